The standard InChI is InChI=1S/C18H20ClFN4O3/c1-22-9-11(16(25)23(2)18(22)27)10-24(13-5-6-21-8-13)17(26)14-7-12(19)3-4-15(14)20/h3-4,7,9,13,21H,5-6,8,10H2,1-2H3/t13-/m0/s1. The van der Waals surface area contributed by atoms with Crippen molar-refractivity contribution in [3.63, 3.8) is 0 Å². The second-order valence-electron chi connectivity index (χ2n) is 6.62. The van der Waals surface area contributed by atoms with Gasteiger partial charge in [-0.25, -0.2) is 9.18 Å². The van der Waals surface area contributed by atoms with Gasteiger partial charge in [-0.05, 0) is 31.2 Å². The molecular weight excluding hydrogens is 375 g/mol. The third-order valence-corrected chi connectivity index (χ3v) is 4.99. The van der Waals surface area contributed by atoms with E-state index in [2.05, 4.69) is 5.32 Å². The van der Waals surface area contributed by atoms with E-state index in [1.807, 2.05) is 0 Å². The number of amides is 1. The zero-order valence-corrected chi connectivity index (χ0v) is 15.8. The topological polar surface area (TPSA) is 76.3 Å². The van der Waals surface area contributed by atoms with Gasteiger partial charge in [0.05, 0.1) is 17.7 Å². The summed E-state index contributed by atoms with van der Waals surface area (Å²) in [6.07, 6.45) is 2.10. The fourth-order valence-corrected chi connectivity index (χ4v) is 3.44. The van der Waals surface area contributed by atoms with Gasteiger partial charge in [0.2, 0.25) is 0 Å². The zero-order chi connectivity index (χ0) is 19.7. The van der Waals surface area contributed by atoms with Gasteiger partial charge >= 0.3 is 5.69 Å². The Hall–Kier alpha value is -2.45. The van der Waals surface area contributed by atoms with E-state index in [1.54, 1.807) is 0 Å². The van der Waals surface area contributed by atoms with E-state index in [9.17, 15) is 18.8 Å². The number of benzene rings is 1. The molecule has 1 aliphatic rings. The van der Waals surface area contributed by atoms with Crippen LogP contribution in [0.25, 0.3) is 0 Å². The van der Waals surface area contributed by atoms with Gasteiger partial charge in [-0.15, -0.1) is 0 Å². The summed E-state index contributed by atoms with van der Waals surface area (Å²) in [5.74, 6) is -1.21. The number of nitrogens with one attached hydrogen (secondary N) is 1. The minimum atomic E-state index is -0.672. The lowest BCUT2D eigenvalue weighted by molar-refractivity contribution is 0.0669. The van der Waals surface area contributed by atoms with Crippen LogP contribution in [-0.4, -0.2) is 39.1 Å². The molecular formula is C18H20ClFN4O3. The van der Waals surface area contributed by atoms with Crippen molar-refractivity contribution in [2.45, 2.75) is 19.0 Å². The molecule has 144 valence electrons. The van der Waals surface area contributed by atoms with Crippen LogP contribution in [0.3, 0.4) is 0 Å². The maximum absolute atomic E-state index is 14.2. The van der Waals surface area contributed by atoms with Crippen molar-refractivity contribution in [1.29, 1.82) is 0 Å². The molecule has 1 saturated heterocycles. The molecule has 0 saturated carbocycles. The van der Waals surface area contributed by atoms with Gasteiger partial charge in [0.1, 0.15) is 5.82 Å². The third kappa shape index (κ3) is 3.81. The van der Waals surface area contributed by atoms with Crippen LogP contribution in [0, 0.1) is 5.82 Å². The van der Waals surface area contributed by atoms with Crippen molar-refractivity contribution < 1.29 is 9.18 Å². The average Bonchev–Trinajstić information content (AvgIpc) is 3.17. The molecule has 9 heteroatoms. The van der Waals surface area contributed by atoms with Crippen LogP contribution >= 0.6 is 11.6 Å². The molecule has 1 atom stereocenters. The van der Waals surface area contributed by atoms with Crippen molar-refractivity contribution in [3.8, 4) is 0 Å². The van der Waals surface area contributed by atoms with Crippen molar-refractivity contribution in [2.24, 2.45) is 14.1 Å². The summed E-state index contributed by atoms with van der Waals surface area (Å²) in [6, 6.07) is 3.61. The van der Waals surface area contributed by atoms with E-state index in [-0.39, 0.29) is 28.7 Å². The van der Waals surface area contributed by atoms with E-state index in [1.165, 1.54) is 41.9 Å². The van der Waals surface area contributed by atoms with Crippen molar-refractivity contribution >= 4 is 17.5 Å². The molecule has 0 bridgehead atoms. The van der Waals surface area contributed by atoms with Crippen LogP contribution in [0.15, 0.2) is 34.0 Å². The Morgan fingerprint density at radius 3 is 2.78 bits per heavy atom. The first-order valence-electron chi connectivity index (χ1n) is 8.52. The molecule has 3 rings (SSSR count). The number of nitrogens with zero attached hydrogens (tertiary/aromatic N) is 3. The van der Waals surface area contributed by atoms with Gasteiger partial charge in [-0.3, -0.25) is 14.2 Å². The minimum absolute atomic E-state index is 0.0298. The van der Waals surface area contributed by atoms with E-state index in [0.717, 1.165) is 17.2 Å². The quantitative estimate of drug-likeness (QED) is 0.835. The molecule has 7 nitrogen and oxygen atoms in total. The Bertz CT molecular complexity index is 995. The molecule has 0 aliphatic carbocycles. The van der Waals surface area contributed by atoms with Crippen LogP contribution in [0.2, 0.25) is 5.02 Å². The third-order valence-electron chi connectivity index (χ3n) is 4.75. The number of carbonyl (C=O) groups excluding carboxylic acids is 1. The monoisotopic (exact) mass is 394 g/mol. The normalized spacial score (nSPS) is 16.5. The largest absolute Gasteiger partial charge is 0.330 e. The second kappa shape index (κ2) is 7.66. The van der Waals surface area contributed by atoms with E-state index >= 15 is 0 Å². The summed E-state index contributed by atoms with van der Waals surface area (Å²) in [4.78, 5) is 38.9. The molecule has 0 radical (unpaired) electrons. The lowest BCUT2D eigenvalue weighted by Crippen LogP contribution is -2.45. The van der Waals surface area contributed by atoms with Crippen LogP contribution in [0.5, 0.6) is 0 Å². The molecule has 0 spiro atoms. The predicted molar refractivity (Wildman–Crippen MR) is 99.5 cm³/mol. The molecule has 1 aliphatic heterocycles. The van der Waals surface area contributed by atoms with Crippen molar-refractivity contribution in [1.82, 2.24) is 19.4 Å². The SMILES string of the molecule is Cn1cc(CN(C(=O)c2cc(Cl)ccc2F)[C@H]2CCNC2)c(=O)n(C)c1=O. The van der Waals surface area contributed by atoms with E-state index < -0.39 is 23.0 Å². The van der Waals surface area contributed by atoms with Crippen LogP contribution in [0.4, 0.5) is 4.39 Å². The summed E-state index contributed by atoms with van der Waals surface area (Å²) in [6.45, 7) is 1.23. The lowest BCUT2D eigenvalue weighted by Gasteiger charge is -2.29. The number of aromatic nitrogens is 2. The van der Waals surface area contributed by atoms with Gasteiger partial charge in [0.25, 0.3) is 11.5 Å². The first-order valence-corrected chi connectivity index (χ1v) is 8.89. The van der Waals surface area contributed by atoms with Gasteiger partial charge in [-0.2, -0.15) is 0 Å². The second-order valence-corrected chi connectivity index (χ2v) is 7.05. The van der Waals surface area contributed by atoms with Crippen molar-refractivity contribution in [2.75, 3.05) is 13.1 Å². The fourth-order valence-electron chi connectivity index (χ4n) is 3.26. The number of aryl methyl sites for hydroxylation is 1. The van der Waals surface area contributed by atoms with Gasteiger partial charge in [0, 0.05) is 37.9 Å². The molecule has 1 aromatic carbocycles. The minimum Gasteiger partial charge on any atom is -0.330 e. The van der Waals surface area contributed by atoms with Crippen LogP contribution in [0.1, 0.15) is 22.3 Å². The van der Waals surface area contributed by atoms with Crippen LogP contribution in [-0.2, 0) is 20.6 Å². The van der Waals surface area contributed by atoms with Crippen molar-refractivity contribution in [3.05, 3.63) is 67.2 Å². The zero-order valence-electron chi connectivity index (χ0n) is 15.0. The molecule has 1 N–H and O–H groups in total. The number of hydrogen-bond donors (Lipinski definition) is 1. The molecule has 1 amide bonds. The molecule has 0 unspecified atom stereocenters. The highest BCUT2D eigenvalue weighted by Crippen LogP contribution is 2.21. The first kappa shape index (κ1) is 19.3. The summed E-state index contributed by atoms with van der Waals surface area (Å²) in [5, 5.41) is 3.42. The summed E-state index contributed by atoms with van der Waals surface area (Å²) >= 11 is 5.93. The van der Waals surface area contributed by atoms with E-state index in [0.29, 0.717) is 13.0 Å². The van der Waals surface area contributed by atoms with Gasteiger partial charge < -0.3 is 14.8 Å². The molecule has 2 heterocycles. The Balaban J connectivity index is 2.03. The Morgan fingerprint density at radius 2 is 2.11 bits per heavy atom. The van der Waals surface area contributed by atoms with Gasteiger partial charge in [-0.1, -0.05) is 11.6 Å². The summed E-state index contributed by atoms with van der Waals surface area (Å²) in [5.41, 5.74) is -0.795. The highest BCUT2D eigenvalue weighted by Gasteiger charge is 2.30. The highest BCUT2D eigenvalue weighted by atomic mass is 35.5. The maximum Gasteiger partial charge on any atom is 0.330 e. The molecule has 1 aromatic heterocycles. The number of hydrogen-bond acceptors (Lipinski definition) is 4. The molecule has 1 fully saturated rings. The fraction of sp³-hybridized carbons (Fsp3) is 0.389. The number of carbonyl (C=O) groups is 1. The first-order chi connectivity index (χ1) is 12.8. The molecule has 27 heavy (non-hydrogen) atoms. The van der Waals surface area contributed by atoms with Gasteiger partial charge in [0.15, 0.2) is 0 Å². The predicted octanol–water partition coefficient (Wildman–Crippen LogP) is 0.881. The van der Waals surface area contributed by atoms with E-state index in [4.69, 9.17) is 11.6 Å². The maximum atomic E-state index is 14.2. The smallest absolute Gasteiger partial charge is 0.330 e. The Labute approximate surface area is 160 Å². The highest BCUT2D eigenvalue weighted by molar-refractivity contribution is 6.31. The lowest BCUT2D eigenvalue weighted by atomic mass is 10.1. The number of rotatable bonds is 4. The Kier molecular flexibility index (Phi) is 5.48. The van der Waals surface area contributed by atoms with Crippen LogP contribution < -0.4 is 16.6 Å². The Morgan fingerprint density at radius 1 is 1.37 bits per heavy atom. The average molecular weight is 395 g/mol. The molecule has 2 aromatic rings. The summed E-state index contributed by atoms with van der Waals surface area (Å²) in [7, 11) is 2.92. The number of halogens is 2. The summed E-state index contributed by atoms with van der Waals surface area (Å²) < 4.78 is 16.5.